The van der Waals surface area contributed by atoms with Crippen LogP contribution in [0.15, 0.2) is 83.8 Å². The van der Waals surface area contributed by atoms with Crippen LogP contribution in [0.2, 0.25) is 5.02 Å². The Hall–Kier alpha value is -2.67. The van der Waals surface area contributed by atoms with E-state index in [4.69, 9.17) is 11.6 Å². The summed E-state index contributed by atoms with van der Waals surface area (Å²) in [6.07, 6.45) is 0.496. The molecule has 0 aromatic heterocycles. The van der Waals surface area contributed by atoms with Crippen LogP contribution in [-0.2, 0) is 21.2 Å². The largest absolute Gasteiger partial charge is 0.325 e. The van der Waals surface area contributed by atoms with Gasteiger partial charge in [-0.3, -0.25) is 4.79 Å². The Labute approximate surface area is 182 Å². The van der Waals surface area contributed by atoms with E-state index in [0.717, 1.165) is 11.1 Å². The van der Waals surface area contributed by atoms with Crippen LogP contribution in [0.4, 0.5) is 5.69 Å². The molecule has 30 heavy (non-hydrogen) atoms. The van der Waals surface area contributed by atoms with Crippen molar-refractivity contribution in [1.29, 1.82) is 0 Å². The number of anilines is 1. The molecule has 0 unspecified atom stereocenters. The van der Waals surface area contributed by atoms with Gasteiger partial charge < -0.3 is 5.32 Å². The van der Waals surface area contributed by atoms with Crippen LogP contribution in [0.5, 0.6) is 0 Å². The van der Waals surface area contributed by atoms with Crippen LogP contribution >= 0.6 is 11.6 Å². The molecule has 7 heteroatoms. The van der Waals surface area contributed by atoms with Crippen LogP contribution in [-0.4, -0.2) is 31.7 Å². The standard InChI is InChI=1S/C23H23ClN2O3S/c1-18-10-12-22(13-11-18)30(28,29)26(15-14-19-6-3-2-4-7-19)17-23(27)25-21-9-5-8-20(24)16-21/h2-13,16H,14-15,17H2,1H3,(H,25,27). The Bertz CT molecular complexity index is 1100. The van der Waals surface area contributed by atoms with Gasteiger partial charge in [-0.15, -0.1) is 0 Å². The lowest BCUT2D eigenvalue weighted by Crippen LogP contribution is -2.39. The first-order valence-corrected chi connectivity index (χ1v) is 11.3. The SMILES string of the molecule is Cc1ccc(S(=O)(=O)N(CCc2ccccc2)CC(=O)Nc2cccc(Cl)c2)cc1. The molecule has 0 bridgehead atoms. The maximum absolute atomic E-state index is 13.2. The quantitative estimate of drug-likeness (QED) is 0.557. The van der Waals surface area contributed by atoms with Crippen LogP contribution in [0, 0.1) is 6.92 Å². The summed E-state index contributed by atoms with van der Waals surface area (Å²) in [5.41, 5.74) is 2.48. The summed E-state index contributed by atoms with van der Waals surface area (Å²) < 4.78 is 27.7. The molecule has 0 aliphatic carbocycles. The highest BCUT2D eigenvalue weighted by Crippen LogP contribution is 2.19. The van der Waals surface area contributed by atoms with Gasteiger partial charge in [-0.05, 0) is 49.2 Å². The summed E-state index contributed by atoms with van der Waals surface area (Å²) in [6.45, 7) is 1.78. The fourth-order valence-corrected chi connectivity index (χ4v) is 4.56. The summed E-state index contributed by atoms with van der Waals surface area (Å²) in [5, 5.41) is 3.20. The van der Waals surface area contributed by atoms with E-state index in [-0.39, 0.29) is 18.0 Å². The lowest BCUT2D eigenvalue weighted by atomic mass is 10.1. The van der Waals surface area contributed by atoms with Gasteiger partial charge >= 0.3 is 0 Å². The van der Waals surface area contributed by atoms with Gasteiger partial charge in [0.05, 0.1) is 11.4 Å². The first-order chi connectivity index (χ1) is 14.3. The number of rotatable bonds is 8. The Morgan fingerprint density at radius 1 is 0.967 bits per heavy atom. The third-order valence-electron chi connectivity index (χ3n) is 4.58. The highest BCUT2D eigenvalue weighted by atomic mass is 35.5. The van der Waals surface area contributed by atoms with Gasteiger partial charge in [-0.25, -0.2) is 8.42 Å². The highest BCUT2D eigenvalue weighted by molar-refractivity contribution is 7.89. The zero-order chi connectivity index (χ0) is 21.6. The Balaban J connectivity index is 1.80. The van der Waals surface area contributed by atoms with Gasteiger partial charge in [0.2, 0.25) is 15.9 Å². The number of hydrogen-bond acceptors (Lipinski definition) is 3. The zero-order valence-corrected chi connectivity index (χ0v) is 18.2. The minimum absolute atomic E-state index is 0.164. The average molecular weight is 443 g/mol. The van der Waals surface area contributed by atoms with E-state index in [1.54, 1.807) is 48.5 Å². The molecule has 0 saturated carbocycles. The monoisotopic (exact) mass is 442 g/mol. The second-order valence-corrected chi connectivity index (χ2v) is 9.32. The fourth-order valence-electron chi connectivity index (χ4n) is 2.97. The fraction of sp³-hybridized carbons (Fsp3) is 0.174. The van der Waals surface area contributed by atoms with E-state index in [1.165, 1.54) is 4.31 Å². The molecule has 0 aliphatic rings. The second kappa shape index (κ2) is 9.89. The smallest absolute Gasteiger partial charge is 0.243 e. The van der Waals surface area contributed by atoms with Crippen molar-refractivity contribution < 1.29 is 13.2 Å². The zero-order valence-electron chi connectivity index (χ0n) is 16.6. The van der Waals surface area contributed by atoms with Gasteiger partial charge in [0.1, 0.15) is 0 Å². The van der Waals surface area contributed by atoms with Crippen LogP contribution in [0.1, 0.15) is 11.1 Å². The molecule has 1 N–H and O–H groups in total. The number of carbonyl (C=O) groups is 1. The molecule has 0 radical (unpaired) electrons. The van der Waals surface area contributed by atoms with Crippen molar-refractivity contribution >= 4 is 33.2 Å². The summed E-state index contributed by atoms with van der Waals surface area (Å²) in [5.74, 6) is -0.430. The van der Waals surface area contributed by atoms with E-state index < -0.39 is 15.9 Å². The molecule has 156 valence electrons. The summed E-state index contributed by atoms with van der Waals surface area (Å²) in [7, 11) is -3.84. The van der Waals surface area contributed by atoms with E-state index in [0.29, 0.717) is 17.1 Å². The van der Waals surface area contributed by atoms with Crippen molar-refractivity contribution in [2.24, 2.45) is 0 Å². The number of amides is 1. The van der Waals surface area contributed by atoms with Crippen molar-refractivity contribution in [2.75, 3.05) is 18.4 Å². The van der Waals surface area contributed by atoms with Crippen molar-refractivity contribution in [2.45, 2.75) is 18.2 Å². The summed E-state index contributed by atoms with van der Waals surface area (Å²) in [4.78, 5) is 12.8. The van der Waals surface area contributed by atoms with Gasteiger partial charge in [-0.1, -0.05) is 65.7 Å². The van der Waals surface area contributed by atoms with Gasteiger partial charge in [0.25, 0.3) is 0 Å². The van der Waals surface area contributed by atoms with E-state index in [1.807, 2.05) is 37.3 Å². The number of nitrogens with one attached hydrogen (secondary N) is 1. The van der Waals surface area contributed by atoms with Crippen LogP contribution in [0.25, 0.3) is 0 Å². The first-order valence-electron chi connectivity index (χ1n) is 9.51. The Kier molecular flexibility index (Phi) is 7.26. The molecular formula is C23H23ClN2O3S. The topological polar surface area (TPSA) is 66.5 Å². The molecule has 1 amide bonds. The molecule has 0 heterocycles. The predicted octanol–water partition coefficient (Wildman–Crippen LogP) is 4.52. The molecule has 5 nitrogen and oxygen atoms in total. The summed E-state index contributed by atoms with van der Waals surface area (Å²) in [6, 6.07) is 22.9. The predicted molar refractivity (Wildman–Crippen MR) is 120 cm³/mol. The number of nitrogens with zero attached hydrogens (tertiary/aromatic N) is 1. The summed E-state index contributed by atoms with van der Waals surface area (Å²) >= 11 is 5.96. The molecule has 3 aromatic rings. The van der Waals surface area contributed by atoms with Crippen molar-refractivity contribution in [1.82, 2.24) is 4.31 Å². The minimum atomic E-state index is -3.84. The molecule has 0 atom stereocenters. The van der Waals surface area contributed by atoms with Crippen molar-refractivity contribution in [3.05, 3.63) is 95.0 Å². The maximum Gasteiger partial charge on any atom is 0.243 e. The van der Waals surface area contributed by atoms with Crippen LogP contribution < -0.4 is 5.32 Å². The first kappa shape index (κ1) is 22.0. The van der Waals surface area contributed by atoms with Crippen molar-refractivity contribution in [3.63, 3.8) is 0 Å². The van der Waals surface area contributed by atoms with E-state index in [9.17, 15) is 13.2 Å². The number of carbonyl (C=O) groups excluding carboxylic acids is 1. The number of halogens is 1. The molecule has 0 fully saturated rings. The Morgan fingerprint density at radius 3 is 2.33 bits per heavy atom. The molecule has 3 aromatic carbocycles. The number of sulfonamides is 1. The average Bonchev–Trinajstić information content (AvgIpc) is 2.72. The number of aryl methyl sites for hydroxylation is 1. The second-order valence-electron chi connectivity index (χ2n) is 6.95. The number of hydrogen-bond donors (Lipinski definition) is 1. The normalized spacial score (nSPS) is 11.4. The van der Waals surface area contributed by atoms with E-state index >= 15 is 0 Å². The third kappa shape index (κ3) is 5.92. The van der Waals surface area contributed by atoms with Gasteiger partial charge in [-0.2, -0.15) is 4.31 Å². The maximum atomic E-state index is 13.2. The molecule has 0 spiro atoms. The Morgan fingerprint density at radius 2 is 1.67 bits per heavy atom. The highest BCUT2D eigenvalue weighted by Gasteiger charge is 2.26. The lowest BCUT2D eigenvalue weighted by molar-refractivity contribution is -0.116. The minimum Gasteiger partial charge on any atom is -0.325 e. The van der Waals surface area contributed by atoms with Gasteiger partial charge in [0.15, 0.2) is 0 Å². The molecule has 0 saturated heterocycles. The lowest BCUT2D eigenvalue weighted by Gasteiger charge is -2.22. The molecular weight excluding hydrogens is 420 g/mol. The molecule has 0 aliphatic heterocycles. The third-order valence-corrected chi connectivity index (χ3v) is 6.67. The van der Waals surface area contributed by atoms with Crippen molar-refractivity contribution in [3.8, 4) is 0 Å². The number of benzene rings is 3. The van der Waals surface area contributed by atoms with Gasteiger partial charge in [0, 0.05) is 17.3 Å². The molecule has 3 rings (SSSR count). The van der Waals surface area contributed by atoms with Crippen LogP contribution in [0.3, 0.4) is 0 Å². The van der Waals surface area contributed by atoms with E-state index in [2.05, 4.69) is 5.32 Å².